The summed E-state index contributed by atoms with van der Waals surface area (Å²) in [5.74, 6) is 2.68. The third kappa shape index (κ3) is 6.71. The van der Waals surface area contributed by atoms with Crippen LogP contribution in [0.1, 0.15) is 33.1 Å². The first-order chi connectivity index (χ1) is 16.3. The number of methoxy groups -OCH3 is 1. The summed E-state index contributed by atoms with van der Waals surface area (Å²) in [4.78, 5) is 12.9. The Morgan fingerprint density at radius 1 is 1.26 bits per heavy atom. The van der Waals surface area contributed by atoms with E-state index >= 15 is 0 Å². The van der Waals surface area contributed by atoms with Gasteiger partial charge in [0.25, 0.3) is 0 Å². The monoisotopic (exact) mass is 461 g/mol. The van der Waals surface area contributed by atoms with Crippen LogP contribution in [0.15, 0.2) is 97.4 Å². The molecule has 0 unspecified atom stereocenters. The number of aliphatic hydroxyl groups is 1. The minimum Gasteiger partial charge on any atom is -0.512 e. The molecule has 2 aliphatic carbocycles. The van der Waals surface area contributed by atoms with Gasteiger partial charge in [0.2, 0.25) is 5.88 Å². The van der Waals surface area contributed by atoms with Gasteiger partial charge in [-0.25, -0.2) is 9.98 Å². The number of hydrogen-bond donors (Lipinski definition) is 3. The van der Waals surface area contributed by atoms with Gasteiger partial charge in [-0.3, -0.25) is 4.99 Å². The van der Waals surface area contributed by atoms with E-state index in [2.05, 4.69) is 27.0 Å². The van der Waals surface area contributed by atoms with E-state index in [1.807, 2.05) is 43.3 Å². The molecule has 1 aromatic rings. The number of amidine groups is 1. The summed E-state index contributed by atoms with van der Waals surface area (Å²) < 4.78 is 11.7. The molecule has 0 heterocycles. The number of aliphatic hydroxyl groups excluding tert-OH is 1. The van der Waals surface area contributed by atoms with Crippen LogP contribution in [-0.2, 0) is 4.74 Å². The molecule has 34 heavy (non-hydrogen) atoms. The Morgan fingerprint density at radius 2 is 2.03 bits per heavy atom. The molecule has 1 fully saturated rings. The largest absolute Gasteiger partial charge is 0.512 e. The number of anilines is 1. The first-order valence-electron chi connectivity index (χ1n) is 10.9. The summed E-state index contributed by atoms with van der Waals surface area (Å²) >= 11 is 0. The van der Waals surface area contributed by atoms with Crippen molar-refractivity contribution in [3.8, 4) is 5.75 Å². The van der Waals surface area contributed by atoms with Crippen LogP contribution in [0.25, 0.3) is 0 Å². The Labute approximate surface area is 200 Å². The van der Waals surface area contributed by atoms with Gasteiger partial charge in [0.05, 0.1) is 12.9 Å². The van der Waals surface area contributed by atoms with Crippen molar-refractivity contribution in [2.24, 2.45) is 20.7 Å². The van der Waals surface area contributed by atoms with Crippen LogP contribution < -0.4 is 15.8 Å². The molecule has 0 saturated heterocycles. The highest BCUT2D eigenvalue weighted by Gasteiger charge is 2.19. The van der Waals surface area contributed by atoms with Crippen molar-refractivity contribution in [3.05, 3.63) is 82.4 Å². The van der Waals surface area contributed by atoms with Gasteiger partial charge in [-0.15, -0.1) is 0 Å². The van der Waals surface area contributed by atoms with Crippen LogP contribution in [0, 0.1) is 0 Å². The topological polar surface area (TPSA) is 114 Å². The van der Waals surface area contributed by atoms with Gasteiger partial charge in [-0.05, 0) is 68.8 Å². The highest BCUT2D eigenvalue weighted by molar-refractivity contribution is 5.98. The lowest BCUT2D eigenvalue weighted by molar-refractivity contribution is 0.300. The molecule has 0 atom stereocenters. The molecular formula is C26H31N5O3. The van der Waals surface area contributed by atoms with E-state index < -0.39 is 0 Å². The molecule has 1 saturated carbocycles. The summed E-state index contributed by atoms with van der Waals surface area (Å²) in [7, 11) is 3.38. The Bertz CT molecular complexity index is 1170. The molecule has 0 radical (unpaired) electrons. The molecule has 3 rings (SSSR count). The van der Waals surface area contributed by atoms with E-state index in [0.29, 0.717) is 23.9 Å². The van der Waals surface area contributed by atoms with Crippen molar-refractivity contribution in [2.75, 3.05) is 19.5 Å². The van der Waals surface area contributed by atoms with Crippen molar-refractivity contribution in [1.82, 2.24) is 0 Å². The zero-order valence-corrected chi connectivity index (χ0v) is 20.1. The number of allylic oxidation sites excluding steroid dienone is 6. The normalized spacial score (nSPS) is 19.1. The Morgan fingerprint density at radius 3 is 2.65 bits per heavy atom. The molecule has 0 aromatic heterocycles. The molecule has 0 aliphatic heterocycles. The van der Waals surface area contributed by atoms with Crippen molar-refractivity contribution < 1.29 is 14.6 Å². The second kappa shape index (κ2) is 11.2. The molecule has 8 nitrogen and oxygen atoms in total. The fraction of sp³-hybridized carbons (Fsp3) is 0.269. The van der Waals surface area contributed by atoms with Crippen LogP contribution in [0.5, 0.6) is 5.75 Å². The average Bonchev–Trinajstić information content (AvgIpc) is 3.64. The number of ether oxygens (including phenoxy) is 2. The third-order valence-corrected chi connectivity index (χ3v) is 5.12. The quantitative estimate of drug-likeness (QED) is 0.281. The number of benzene rings is 1. The lowest BCUT2D eigenvalue weighted by atomic mass is 10.1. The van der Waals surface area contributed by atoms with E-state index in [4.69, 9.17) is 15.2 Å². The van der Waals surface area contributed by atoms with Gasteiger partial charge in [-0.1, -0.05) is 6.07 Å². The number of nitrogens with zero attached hydrogens (tertiary/aromatic N) is 3. The maximum atomic E-state index is 9.43. The molecule has 178 valence electrons. The van der Waals surface area contributed by atoms with E-state index in [9.17, 15) is 5.11 Å². The Hall–Kier alpha value is -4.07. The van der Waals surface area contributed by atoms with E-state index in [-0.39, 0.29) is 11.6 Å². The van der Waals surface area contributed by atoms with E-state index in [1.54, 1.807) is 21.1 Å². The molecule has 0 bridgehead atoms. The first kappa shape index (κ1) is 24.6. The standard InChI is InChI=1S/C26H31N5O3/c1-16-11-21(28-3)13-19(14-23(16)33-5)26(29-4)34-22-8-6-7-20(15-22)30-25(18-9-10-18)31-24(27)12-17(2)32/h6-8,11-12,14-15,30,32H,4,9-10,13H2,1-3,5H3,(H2,27,31)/b17-12-,26-19-,28-21?. The molecule has 0 spiro atoms. The van der Waals surface area contributed by atoms with Crippen molar-refractivity contribution in [1.29, 1.82) is 0 Å². The lowest BCUT2D eigenvalue weighted by Gasteiger charge is -2.13. The minimum atomic E-state index is 0.0974. The fourth-order valence-electron chi connectivity index (χ4n) is 3.35. The third-order valence-electron chi connectivity index (χ3n) is 5.12. The van der Waals surface area contributed by atoms with E-state index in [0.717, 1.165) is 41.1 Å². The van der Waals surface area contributed by atoms with Crippen LogP contribution >= 0.6 is 0 Å². The van der Waals surface area contributed by atoms with Gasteiger partial charge in [0.1, 0.15) is 23.2 Å². The summed E-state index contributed by atoms with van der Waals surface area (Å²) in [6.07, 6.45) is 7.75. The van der Waals surface area contributed by atoms with Crippen LogP contribution in [-0.4, -0.2) is 37.5 Å². The first-order valence-corrected chi connectivity index (χ1v) is 10.9. The summed E-state index contributed by atoms with van der Waals surface area (Å²) in [6.45, 7) is 7.22. The average molecular weight is 462 g/mol. The summed E-state index contributed by atoms with van der Waals surface area (Å²) in [5, 5.41) is 12.7. The van der Waals surface area contributed by atoms with Gasteiger partial charge in [-0.2, -0.15) is 0 Å². The predicted octanol–water partition coefficient (Wildman–Crippen LogP) is 5.17. The maximum absolute atomic E-state index is 9.43. The minimum absolute atomic E-state index is 0.0974. The van der Waals surface area contributed by atoms with Crippen molar-refractivity contribution >= 4 is 24.0 Å². The number of nitrogens with one attached hydrogen (secondary N) is 1. The SMILES string of the molecule is C=N/C(Oc1cccc(NC(N=C(N)/C=C(/C)O)=C2CC2)c1)=C1/C=C(OC)C(C)=CC(=NC)C1. The molecular weight excluding hydrogens is 430 g/mol. The van der Waals surface area contributed by atoms with Gasteiger partial charge in [0.15, 0.2) is 0 Å². The summed E-state index contributed by atoms with van der Waals surface area (Å²) in [6, 6.07) is 7.47. The Kier molecular flexibility index (Phi) is 8.08. The van der Waals surface area contributed by atoms with Crippen molar-refractivity contribution in [2.45, 2.75) is 33.1 Å². The van der Waals surface area contributed by atoms with Crippen LogP contribution in [0.2, 0.25) is 0 Å². The van der Waals surface area contributed by atoms with Crippen molar-refractivity contribution in [3.63, 3.8) is 0 Å². The highest BCUT2D eigenvalue weighted by Crippen LogP contribution is 2.33. The van der Waals surface area contributed by atoms with Gasteiger partial charge in [0, 0.05) is 42.6 Å². The fourth-order valence-corrected chi connectivity index (χ4v) is 3.35. The predicted molar refractivity (Wildman–Crippen MR) is 138 cm³/mol. The smallest absolute Gasteiger partial charge is 0.222 e. The van der Waals surface area contributed by atoms with Gasteiger partial charge >= 0.3 is 0 Å². The summed E-state index contributed by atoms with van der Waals surface area (Å²) in [5.41, 5.74) is 10.5. The second-order valence-electron chi connectivity index (χ2n) is 7.95. The maximum Gasteiger partial charge on any atom is 0.222 e. The second-order valence-corrected chi connectivity index (χ2v) is 7.95. The Balaban J connectivity index is 1.88. The highest BCUT2D eigenvalue weighted by atomic mass is 16.5. The molecule has 2 aliphatic rings. The number of hydrogen-bond acceptors (Lipinski definition) is 7. The zero-order valence-electron chi connectivity index (χ0n) is 20.1. The molecule has 4 N–H and O–H groups in total. The van der Waals surface area contributed by atoms with E-state index in [1.165, 1.54) is 11.6 Å². The van der Waals surface area contributed by atoms with Crippen LogP contribution in [0.3, 0.4) is 0 Å². The van der Waals surface area contributed by atoms with Crippen LogP contribution in [0.4, 0.5) is 5.69 Å². The molecule has 0 amide bonds. The molecule has 1 aromatic carbocycles. The van der Waals surface area contributed by atoms with Gasteiger partial charge < -0.3 is 25.6 Å². The zero-order chi connectivity index (χ0) is 24.7. The lowest BCUT2D eigenvalue weighted by Crippen LogP contribution is -2.11. The number of nitrogens with two attached hydrogens (primary N) is 1. The molecule has 8 heteroatoms. The number of aliphatic imine (C=N–C) groups is 3. The number of rotatable bonds is 8.